The van der Waals surface area contributed by atoms with Crippen LogP contribution in [0.15, 0.2) is 29.2 Å². The second-order valence-corrected chi connectivity index (χ2v) is 4.82. The molecule has 18 heavy (non-hydrogen) atoms. The van der Waals surface area contributed by atoms with Crippen LogP contribution in [0.3, 0.4) is 0 Å². The number of benzene rings is 1. The Morgan fingerprint density at radius 3 is 3.06 bits per heavy atom. The number of nitrogens with one attached hydrogen (secondary N) is 2. The summed E-state index contributed by atoms with van der Waals surface area (Å²) in [6, 6.07) is 5.32. The highest BCUT2D eigenvalue weighted by molar-refractivity contribution is 6.32. The van der Waals surface area contributed by atoms with Gasteiger partial charge in [0.15, 0.2) is 0 Å². The Hall–Kier alpha value is -1.52. The highest BCUT2D eigenvalue weighted by atomic mass is 35.5. The van der Waals surface area contributed by atoms with Crippen LogP contribution in [-0.2, 0) is 0 Å². The normalized spacial score (nSPS) is 19.3. The third kappa shape index (κ3) is 2.09. The van der Waals surface area contributed by atoms with E-state index in [4.69, 9.17) is 16.3 Å². The first-order valence-electron chi connectivity index (χ1n) is 5.92. The molecule has 1 atom stereocenters. The summed E-state index contributed by atoms with van der Waals surface area (Å²) in [7, 11) is 0. The summed E-state index contributed by atoms with van der Waals surface area (Å²) in [5, 5.41) is 5.13. The standard InChI is InChI=1S/C13H13ClN2O2/c14-11-6-10-8(1-4-16-13(10)17)5-12(11)18-9-2-3-15-7-9/h1,4-6,9,15H,2-3,7H2,(H,16,17)/t9-/m1/s1. The van der Waals surface area contributed by atoms with Crippen molar-refractivity contribution in [3.63, 3.8) is 0 Å². The molecule has 3 rings (SSSR count). The third-order valence-electron chi connectivity index (χ3n) is 3.13. The van der Waals surface area contributed by atoms with E-state index in [0.29, 0.717) is 16.2 Å². The second-order valence-electron chi connectivity index (χ2n) is 4.41. The lowest BCUT2D eigenvalue weighted by molar-refractivity contribution is 0.223. The monoisotopic (exact) mass is 264 g/mol. The fourth-order valence-corrected chi connectivity index (χ4v) is 2.40. The van der Waals surface area contributed by atoms with Crippen LogP contribution < -0.4 is 15.6 Å². The first-order valence-corrected chi connectivity index (χ1v) is 6.30. The molecule has 0 bridgehead atoms. The quantitative estimate of drug-likeness (QED) is 0.871. The van der Waals surface area contributed by atoms with Gasteiger partial charge in [0, 0.05) is 18.1 Å². The molecule has 94 valence electrons. The van der Waals surface area contributed by atoms with Crippen molar-refractivity contribution in [2.24, 2.45) is 0 Å². The Morgan fingerprint density at radius 2 is 2.28 bits per heavy atom. The number of hydrogen-bond acceptors (Lipinski definition) is 3. The summed E-state index contributed by atoms with van der Waals surface area (Å²) in [4.78, 5) is 14.3. The molecule has 1 aromatic heterocycles. The average molecular weight is 265 g/mol. The van der Waals surface area contributed by atoms with Gasteiger partial charge in [-0.3, -0.25) is 4.79 Å². The van der Waals surface area contributed by atoms with Gasteiger partial charge in [0.25, 0.3) is 5.56 Å². The predicted molar refractivity (Wildman–Crippen MR) is 71.5 cm³/mol. The van der Waals surface area contributed by atoms with E-state index in [1.807, 2.05) is 12.1 Å². The number of rotatable bonds is 2. The van der Waals surface area contributed by atoms with E-state index in [1.54, 1.807) is 12.3 Å². The van der Waals surface area contributed by atoms with Crippen LogP contribution in [0.5, 0.6) is 5.75 Å². The average Bonchev–Trinajstić information content (AvgIpc) is 2.84. The molecule has 1 fully saturated rings. The molecule has 4 nitrogen and oxygen atoms in total. The number of aromatic amines is 1. The van der Waals surface area contributed by atoms with Crippen LogP contribution in [0.25, 0.3) is 10.8 Å². The van der Waals surface area contributed by atoms with E-state index < -0.39 is 0 Å². The molecule has 0 unspecified atom stereocenters. The lowest BCUT2D eigenvalue weighted by atomic mass is 10.1. The van der Waals surface area contributed by atoms with Crippen LogP contribution in [0, 0.1) is 0 Å². The molecule has 1 aromatic carbocycles. The minimum absolute atomic E-state index is 0.136. The summed E-state index contributed by atoms with van der Waals surface area (Å²) in [5.41, 5.74) is -0.136. The van der Waals surface area contributed by atoms with Gasteiger partial charge in [-0.1, -0.05) is 11.6 Å². The molecular formula is C13H13ClN2O2. The Bertz CT molecular complexity index is 632. The number of aromatic nitrogens is 1. The van der Waals surface area contributed by atoms with E-state index in [-0.39, 0.29) is 11.7 Å². The molecular weight excluding hydrogens is 252 g/mol. The first kappa shape index (κ1) is 11.6. The predicted octanol–water partition coefficient (Wildman–Crippen LogP) is 1.92. The first-order chi connectivity index (χ1) is 8.74. The molecule has 0 amide bonds. The topological polar surface area (TPSA) is 54.1 Å². The molecule has 0 spiro atoms. The maximum absolute atomic E-state index is 11.6. The van der Waals surface area contributed by atoms with Gasteiger partial charge in [-0.25, -0.2) is 0 Å². The summed E-state index contributed by atoms with van der Waals surface area (Å²) in [6.07, 6.45) is 2.75. The van der Waals surface area contributed by atoms with Crippen molar-refractivity contribution in [1.82, 2.24) is 10.3 Å². The molecule has 0 radical (unpaired) electrons. The fraction of sp³-hybridized carbons (Fsp3) is 0.308. The smallest absolute Gasteiger partial charge is 0.255 e. The van der Waals surface area contributed by atoms with E-state index in [0.717, 1.165) is 24.9 Å². The van der Waals surface area contributed by atoms with E-state index in [9.17, 15) is 4.79 Å². The Morgan fingerprint density at radius 1 is 1.39 bits per heavy atom. The third-order valence-corrected chi connectivity index (χ3v) is 3.43. The highest BCUT2D eigenvalue weighted by Crippen LogP contribution is 2.30. The lowest BCUT2D eigenvalue weighted by Gasteiger charge is -2.14. The van der Waals surface area contributed by atoms with Crippen molar-refractivity contribution in [3.8, 4) is 5.75 Å². The Kier molecular flexibility index (Phi) is 2.97. The molecule has 2 aromatic rings. The van der Waals surface area contributed by atoms with Crippen molar-refractivity contribution >= 4 is 22.4 Å². The van der Waals surface area contributed by atoms with Gasteiger partial charge in [0.2, 0.25) is 0 Å². The fourth-order valence-electron chi connectivity index (χ4n) is 2.19. The number of ether oxygens (including phenoxy) is 1. The van der Waals surface area contributed by atoms with Crippen molar-refractivity contribution < 1.29 is 4.74 Å². The highest BCUT2D eigenvalue weighted by Gasteiger charge is 2.17. The molecule has 2 N–H and O–H groups in total. The second kappa shape index (κ2) is 4.63. The van der Waals surface area contributed by atoms with E-state index in [2.05, 4.69) is 10.3 Å². The summed E-state index contributed by atoms with van der Waals surface area (Å²) in [6.45, 7) is 1.80. The number of halogens is 1. The van der Waals surface area contributed by atoms with Crippen molar-refractivity contribution in [1.29, 1.82) is 0 Å². The zero-order valence-corrected chi connectivity index (χ0v) is 10.5. The van der Waals surface area contributed by atoms with E-state index in [1.165, 1.54) is 0 Å². The molecule has 1 aliphatic rings. The van der Waals surface area contributed by atoms with Crippen LogP contribution >= 0.6 is 11.6 Å². The van der Waals surface area contributed by atoms with Crippen LogP contribution in [0.4, 0.5) is 0 Å². The summed E-state index contributed by atoms with van der Waals surface area (Å²) in [5.74, 6) is 0.642. The zero-order chi connectivity index (χ0) is 12.5. The zero-order valence-electron chi connectivity index (χ0n) is 9.70. The number of H-pyrrole nitrogens is 1. The van der Waals surface area contributed by atoms with Gasteiger partial charge in [-0.2, -0.15) is 0 Å². The SMILES string of the molecule is O=c1[nH]ccc2cc(O[C@@H]3CCNC3)c(Cl)cc12. The van der Waals surface area contributed by atoms with Crippen LogP contribution in [0.2, 0.25) is 5.02 Å². The minimum atomic E-state index is -0.136. The number of pyridine rings is 1. The molecule has 5 heteroatoms. The molecule has 0 saturated carbocycles. The number of hydrogen-bond donors (Lipinski definition) is 2. The van der Waals surface area contributed by atoms with E-state index >= 15 is 0 Å². The maximum Gasteiger partial charge on any atom is 0.255 e. The van der Waals surface area contributed by atoms with Gasteiger partial charge in [-0.15, -0.1) is 0 Å². The molecule has 2 heterocycles. The minimum Gasteiger partial charge on any atom is -0.487 e. The van der Waals surface area contributed by atoms with Gasteiger partial charge in [-0.05, 0) is 36.6 Å². The van der Waals surface area contributed by atoms with Crippen LogP contribution in [-0.4, -0.2) is 24.2 Å². The Balaban J connectivity index is 2.02. The largest absolute Gasteiger partial charge is 0.487 e. The molecule has 1 saturated heterocycles. The van der Waals surface area contributed by atoms with Crippen molar-refractivity contribution in [3.05, 3.63) is 39.8 Å². The number of fused-ring (bicyclic) bond motifs is 1. The van der Waals surface area contributed by atoms with Crippen molar-refractivity contribution in [2.45, 2.75) is 12.5 Å². The van der Waals surface area contributed by atoms with Crippen LogP contribution in [0.1, 0.15) is 6.42 Å². The maximum atomic E-state index is 11.6. The van der Waals surface area contributed by atoms with Gasteiger partial charge >= 0.3 is 0 Å². The Labute approximate surface area is 109 Å². The molecule has 0 aliphatic carbocycles. The van der Waals surface area contributed by atoms with Gasteiger partial charge in [0.1, 0.15) is 11.9 Å². The summed E-state index contributed by atoms with van der Waals surface area (Å²) < 4.78 is 5.85. The lowest BCUT2D eigenvalue weighted by Crippen LogP contribution is -2.19. The molecule has 1 aliphatic heterocycles. The van der Waals surface area contributed by atoms with Crippen molar-refractivity contribution in [2.75, 3.05) is 13.1 Å². The van der Waals surface area contributed by atoms with Gasteiger partial charge < -0.3 is 15.0 Å². The van der Waals surface area contributed by atoms with Gasteiger partial charge in [0.05, 0.1) is 5.02 Å². The summed E-state index contributed by atoms with van der Waals surface area (Å²) >= 11 is 6.16.